The highest BCUT2D eigenvalue weighted by Gasteiger charge is 2.22. The third kappa shape index (κ3) is 3.71. The molecule has 0 radical (unpaired) electrons. The van der Waals surface area contributed by atoms with E-state index in [1.54, 1.807) is 11.3 Å². The molecule has 0 saturated carbocycles. The molecule has 0 aromatic carbocycles. The summed E-state index contributed by atoms with van der Waals surface area (Å²) in [5, 5.41) is 0.749. The van der Waals surface area contributed by atoms with Gasteiger partial charge in [0.25, 0.3) is 5.56 Å². The smallest absolute Gasteiger partial charge is 0.251 e. The lowest BCUT2D eigenvalue weighted by molar-refractivity contribution is 0.638. The molecule has 2 atom stereocenters. The zero-order chi connectivity index (χ0) is 14.7. The Morgan fingerprint density at radius 3 is 2.75 bits per heavy atom. The van der Waals surface area contributed by atoms with E-state index in [0.717, 1.165) is 12.1 Å². The first-order chi connectivity index (χ1) is 9.49. The Bertz CT molecular complexity index is 635. The molecule has 108 valence electrons. The molecule has 2 rings (SSSR count). The summed E-state index contributed by atoms with van der Waals surface area (Å²) in [5.41, 5.74) is 6.85. The quantitative estimate of drug-likeness (QED) is 0.658. The molecule has 4 nitrogen and oxygen atoms in total. The van der Waals surface area contributed by atoms with Gasteiger partial charge >= 0.3 is 0 Å². The van der Waals surface area contributed by atoms with Gasteiger partial charge in [0, 0.05) is 27.6 Å². The molecule has 0 amide bonds. The second kappa shape index (κ2) is 6.56. The number of thiophene rings is 1. The predicted octanol–water partition coefficient (Wildman–Crippen LogP) is 3.02. The van der Waals surface area contributed by atoms with Crippen molar-refractivity contribution in [3.8, 4) is 0 Å². The van der Waals surface area contributed by atoms with Crippen molar-refractivity contribution < 1.29 is 0 Å². The second-order valence-corrected chi connectivity index (χ2v) is 7.20. The lowest BCUT2D eigenvalue weighted by Crippen LogP contribution is -2.25. The van der Waals surface area contributed by atoms with E-state index in [1.807, 2.05) is 6.92 Å². The number of nitrogens with one attached hydrogen (secondary N) is 1. The number of hydrogen-bond acceptors (Lipinski definition) is 5. The van der Waals surface area contributed by atoms with E-state index in [4.69, 9.17) is 5.73 Å². The number of aromatic nitrogens is 2. The lowest BCUT2D eigenvalue weighted by Gasteiger charge is -2.20. The van der Waals surface area contributed by atoms with Crippen LogP contribution < -0.4 is 11.3 Å². The van der Waals surface area contributed by atoms with E-state index >= 15 is 0 Å². The molecule has 0 bridgehead atoms. The van der Waals surface area contributed by atoms with Crippen LogP contribution in [0, 0.1) is 13.8 Å². The molecule has 0 spiro atoms. The van der Waals surface area contributed by atoms with Crippen molar-refractivity contribution in [2.24, 2.45) is 5.73 Å². The Labute approximate surface area is 126 Å². The Morgan fingerprint density at radius 2 is 2.20 bits per heavy atom. The molecular weight excluding hydrogens is 290 g/mol. The monoisotopic (exact) mass is 309 g/mol. The van der Waals surface area contributed by atoms with Gasteiger partial charge in [-0.1, -0.05) is 18.7 Å². The van der Waals surface area contributed by atoms with E-state index < -0.39 is 0 Å². The number of nitrogens with zero attached hydrogens (tertiary/aromatic N) is 1. The number of hydrogen-bond donors (Lipinski definition) is 2. The molecule has 0 fully saturated rings. The van der Waals surface area contributed by atoms with Crippen LogP contribution >= 0.6 is 23.1 Å². The maximum atomic E-state index is 11.5. The summed E-state index contributed by atoms with van der Waals surface area (Å²) in [4.78, 5) is 21.2. The summed E-state index contributed by atoms with van der Waals surface area (Å²) in [6.45, 7) is 5.98. The molecular formula is C14H19N3OS2. The molecule has 3 N–H and O–H groups in total. The second-order valence-electron chi connectivity index (χ2n) is 4.75. The summed E-state index contributed by atoms with van der Waals surface area (Å²) in [6.07, 6.45) is 0.880. The number of nitrogens with two attached hydrogens (primary N) is 1. The summed E-state index contributed by atoms with van der Waals surface area (Å²) in [7, 11) is 0. The van der Waals surface area contributed by atoms with Gasteiger partial charge in [-0.05, 0) is 32.4 Å². The third-order valence-electron chi connectivity index (χ3n) is 2.99. The summed E-state index contributed by atoms with van der Waals surface area (Å²) in [6, 6.07) is 5.74. The fourth-order valence-electron chi connectivity index (χ4n) is 1.90. The Morgan fingerprint density at radius 1 is 1.45 bits per heavy atom. The van der Waals surface area contributed by atoms with Crippen molar-refractivity contribution in [2.45, 2.75) is 43.6 Å². The number of H-pyrrole nitrogens is 1. The van der Waals surface area contributed by atoms with Crippen LogP contribution in [-0.2, 0) is 0 Å². The van der Waals surface area contributed by atoms with Gasteiger partial charge < -0.3 is 10.7 Å². The Kier molecular flexibility index (Phi) is 5.01. The first kappa shape index (κ1) is 15.3. The summed E-state index contributed by atoms with van der Waals surface area (Å²) in [5.74, 6) is 0. The van der Waals surface area contributed by atoms with E-state index in [1.165, 1.54) is 27.6 Å². The van der Waals surface area contributed by atoms with E-state index in [-0.39, 0.29) is 16.9 Å². The van der Waals surface area contributed by atoms with Crippen molar-refractivity contribution >= 4 is 23.1 Å². The number of rotatable bonds is 5. The SMILES string of the molecule is CCC(N)C(Sc1nc(C)cc(=O)[nH]1)c1ccc(C)s1. The maximum Gasteiger partial charge on any atom is 0.251 e. The number of aryl methyl sites for hydroxylation is 2. The van der Waals surface area contributed by atoms with Gasteiger partial charge in [0.15, 0.2) is 5.16 Å². The number of thioether (sulfide) groups is 1. The molecule has 2 aromatic heterocycles. The maximum absolute atomic E-state index is 11.5. The highest BCUT2D eigenvalue weighted by atomic mass is 32.2. The Hall–Kier alpha value is -1.11. The van der Waals surface area contributed by atoms with Crippen LogP contribution in [0.15, 0.2) is 28.2 Å². The van der Waals surface area contributed by atoms with Crippen LogP contribution in [0.5, 0.6) is 0 Å². The predicted molar refractivity (Wildman–Crippen MR) is 85.5 cm³/mol. The van der Waals surface area contributed by atoms with Gasteiger partial charge in [-0.15, -0.1) is 11.3 Å². The zero-order valence-electron chi connectivity index (χ0n) is 11.8. The molecule has 2 unspecified atom stereocenters. The van der Waals surface area contributed by atoms with Gasteiger partial charge in [0.1, 0.15) is 0 Å². The fourth-order valence-corrected chi connectivity index (χ4v) is 4.29. The molecule has 20 heavy (non-hydrogen) atoms. The van der Waals surface area contributed by atoms with E-state index in [9.17, 15) is 4.79 Å². The summed E-state index contributed by atoms with van der Waals surface area (Å²) >= 11 is 3.28. The molecule has 0 aliphatic rings. The van der Waals surface area contributed by atoms with Crippen molar-refractivity contribution in [1.29, 1.82) is 0 Å². The Balaban J connectivity index is 2.30. The average Bonchev–Trinajstić information content (AvgIpc) is 2.80. The van der Waals surface area contributed by atoms with Crippen LogP contribution in [-0.4, -0.2) is 16.0 Å². The van der Waals surface area contributed by atoms with Crippen LogP contribution in [0.1, 0.15) is 34.0 Å². The van der Waals surface area contributed by atoms with E-state index in [2.05, 4.69) is 35.9 Å². The van der Waals surface area contributed by atoms with Crippen molar-refractivity contribution in [1.82, 2.24) is 9.97 Å². The number of aromatic amines is 1. The highest BCUT2D eigenvalue weighted by Crippen LogP contribution is 2.39. The van der Waals surface area contributed by atoms with Crippen LogP contribution in [0.25, 0.3) is 0 Å². The van der Waals surface area contributed by atoms with Crippen LogP contribution in [0.2, 0.25) is 0 Å². The van der Waals surface area contributed by atoms with Crippen molar-refractivity contribution in [3.63, 3.8) is 0 Å². The topological polar surface area (TPSA) is 71.8 Å². The normalized spacial score (nSPS) is 14.2. The van der Waals surface area contributed by atoms with Gasteiger partial charge in [-0.25, -0.2) is 4.98 Å². The van der Waals surface area contributed by atoms with Gasteiger partial charge in [0.05, 0.1) is 5.25 Å². The largest absolute Gasteiger partial charge is 0.326 e. The molecule has 0 aliphatic heterocycles. The van der Waals surface area contributed by atoms with Gasteiger partial charge in [-0.2, -0.15) is 0 Å². The fraction of sp³-hybridized carbons (Fsp3) is 0.429. The molecule has 0 aliphatic carbocycles. The minimum absolute atomic E-state index is 0.0314. The first-order valence-corrected chi connectivity index (χ1v) is 8.25. The first-order valence-electron chi connectivity index (χ1n) is 6.56. The molecule has 2 aromatic rings. The molecule has 2 heterocycles. The van der Waals surface area contributed by atoms with Gasteiger partial charge in [-0.3, -0.25) is 4.79 Å². The third-order valence-corrected chi connectivity index (χ3v) is 5.50. The molecule has 6 heteroatoms. The highest BCUT2D eigenvalue weighted by molar-refractivity contribution is 7.99. The summed E-state index contributed by atoms with van der Waals surface area (Å²) < 4.78 is 0. The van der Waals surface area contributed by atoms with Crippen molar-refractivity contribution in [2.75, 3.05) is 0 Å². The van der Waals surface area contributed by atoms with Gasteiger partial charge in [0.2, 0.25) is 0 Å². The zero-order valence-corrected chi connectivity index (χ0v) is 13.5. The van der Waals surface area contributed by atoms with Crippen LogP contribution in [0.4, 0.5) is 0 Å². The van der Waals surface area contributed by atoms with Crippen molar-refractivity contribution in [3.05, 3.63) is 44.0 Å². The average molecular weight is 309 g/mol. The molecule has 0 saturated heterocycles. The van der Waals surface area contributed by atoms with Crippen LogP contribution in [0.3, 0.4) is 0 Å². The lowest BCUT2D eigenvalue weighted by atomic mass is 10.1. The minimum atomic E-state index is -0.119. The minimum Gasteiger partial charge on any atom is -0.326 e. The van der Waals surface area contributed by atoms with E-state index in [0.29, 0.717) is 5.16 Å². The standard InChI is InChI=1S/C14H19N3OS2/c1-4-10(15)13(11-6-5-9(3)19-11)20-14-16-8(2)7-12(18)17-14/h5-7,10,13H,4,15H2,1-3H3,(H,16,17,18).